The molecule has 0 spiro atoms. The second-order valence-electron chi connectivity index (χ2n) is 15.6. The van der Waals surface area contributed by atoms with Crippen LogP contribution < -0.4 is 5.32 Å². The molecule has 49 heavy (non-hydrogen) atoms. The minimum atomic E-state index is -1.13. The summed E-state index contributed by atoms with van der Waals surface area (Å²) in [5.41, 5.74) is 0. The lowest BCUT2D eigenvalue weighted by Crippen LogP contribution is -2.50. The van der Waals surface area contributed by atoms with E-state index in [0.717, 1.165) is 32.1 Å². The minimum absolute atomic E-state index is 0.139. The van der Waals surface area contributed by atoms with Crippen LogP contribution in [0.4, 0.5) is 0 Å². The van der Waals surface area contributed by atoms with Crippen LogP contribution in [0, 0.1) is 0 Å². The van der Waals surface area contributed by atoms with Crippen molar-refractivity contribution < 1.29 is 20.1 Å². The topological polar surface area (TPSA) is 89.8 Å². The standard InChI is InChI=1S/C44H89NO4/c1-3-5-7-9-11-13-15-17-19-21-23-25-27-29-31-33-35-37-39-43(48)45-41(40-46)44(49)42(47)38-36-34-32-30-28-26-24-22-20-18-16-14-12-10-8-6-4-2/h41-42,44,46-47,49H,3-40H2,1-2H3,(H,45,48). The third kappa shape index (κ3) is 35.5. The van der Waals surface area contributed by atoms with Crippen LogP contribution >= 0.6 is 0 Å². The first-order valence-electron chi connectivity index (χ1n) is 22.3. The van der Waals surface area contributed by atoms with E-state index in [1.165, 1.54) is 193 Å². The fraction of sp³-hybridized carbons (Fsp3) is 0.977. The number of unbranched alkanes of at least 4 members (excludes halogenated alkanes) is 33. The predicted octanol–water partition coefficient (Wildman–Crippen LogP) is 12.7. The maximum Gasteiger partial charge on any atom is 0.220 e. The highest BCUT2D eigenvalue weighted by molar-refractivity contribution is 5.76. The van der Waals surface area contributed by atoms with Crippen molar-refractivity contribution in [2.45, 2.75) is 270 Å². The maximum atomic E-state index is 12.4. The van der Waals surface area contributed by atoms with E-state index in [9.17, 15) is 20.1 Å². The summed E-state index contributed by atoms with van der Waals surface area (Å²) in [5, 5.41) is 33.6. The van der Waals surface area contributed by atoms with Gasteiger partial charge in [-0.15, -0.1) is 0 Å². The molecule has 0 aromatic rings. The number of hydrogen-bond donors (Lipinski definition) is 4. The molecule has 0 heterocycles. The number of amides is 1. The van der Waals surface area contributed by atoms with Crippen LogP contribution in [0.5, 0.6) is 0 Å². The zero-order valence-electron chi connectivity index (χ0n) is 33.4. The zero-order valence-corrected chi connectivity index (χ0v) is 33.4. The number of rotatable bonds is 41. The van der Waals surface area contributed by atoms with E-state index in [0.29, 0.717) is 12.8 Å². The van der Waals surface area contributed by atoms with Crippen molar-refractivity contribution in [1.82, 2.24) is 5.32 Å². The van der Waals surface area contributed by atoms with E-state index in [1.54, 1.807) is 0 Å². The quantitative estimate of drug-likeness (QED) is 0.0479. The molecule has 0 fully saturated rings. The molecular formula is C44H89NO4. The Bertz CT molecular complexity index is 644. The first kappa shape index (κ1) is 48.3. The number of carbonyl (C=O) groups excluding carboxylic acids is 1. The van der Waals surface area contributed by atoms with Crippen LogP contribution in [0.15, 0.2) is 0 Å². The smallest absolute Gasteiger partial charge is 0.220 e. The van der Waals surface area contributed by atoms with Crippen LogP contribution in [0.1, 0.15) is 251 Å². The van der Waals surface area contributed by atoms with Gasteiger partial charge in [0.05, 0.1) is 18.8 Å². The molecule has 0 aromatic heterocycles. The van der Waals surface area contributed by atoms with E-state index in [1.807, 2.05) is 0 Å². The first-order valence-corrected chi connectivity index (χ1v) is 22.3. The van der Waals surface area contributed by atoms with Gasteiger partial charge >= 0.3 is 0 Å². The highest BCUT2D eigenvalue weighted by Gasteiger charge is 2.26. The number of aliphatic hydroxyl groups excluding tert-OH is 3. The number of nitrogens with one attached hydrogen (secondary N) is 1. The maximum absolute atomic E-state index is 12.4. The van der Waals surface area contributed by atoms with Crippen LogP contribution in [-0.2, 0) is 4.79 Å². The molecule has 0 saturated heterocycles. The molecule has 0 rings (SSSR count). The van der Waals surface area contributed by atoms with Gasteiger partial charge < -0.3 is 20.6 Å². The molecular weight excluding hydrogens is 606 g/mol. The summed E-state index contributed by atoms with van der Waals surface area (Å²) in [4.78, 5) is 12.4. The predicted molar refractivity (Wildman–Crippen MR) is 213 cm³/mol. The van der Waals surface area contributed by atoms with Crippen LogP contribution in [0.25, 0.3) is 0 Å². The lowest BCUT2D eigenvalue weighted by molar-refractivity contribution is -0.124. The van der Waals surface area contributed by atoms with E-state index in [-0.39, 0.29) is 12.5 Å². The molecule has 5 nitrogen and oxygen atoms in total. The van der Waals surface area contributed by atoms with E-state index in [2.05, 4.69) is 19.2 Å². The van der Waals surface area contributed by atoms with Crippen LogP contribution in [0.3, 0.4) is 0 Å². The second kappa shape index (κ2) is 40.1. The van der Waals surface area contributed by atoms with Crippen molar-refractivity contribution >= 4 is 5.91 Å². The molecule has 4 N–H and O–H groups in total. The fourth-order valence-electron chi connectivity index (χ4n) is 7.22. The van der Waals surface area contributed by atoms with E-state index in [4.69, 9.17) is 0 Å². The highest BCUT2D eigenvalue weighted by Crippen LogP contribution is 2.17. The molecule has 294 valence electrons. The van der Waals surface area contributed by atoms with Crippen molar-refractivity contribution in [3.8, 4) is 0 Å². The molecule has 0 bridgehead atoms. The summed E-state index contributed by atoms with van der Waals surface area (Å²) in [6.45, 7) is 4.20. The summed E-state index contributed by atoms with van der Waals surface area (Å²) in [6.07, 6.45) is 44.9. The van der Waals surface area contributed by atoms with Gasteiger partial charge in [0.2, 0.25) is 5.91 Å². The summed E-state index contributed by atoms with van der Waals surface area (Å²) in [6, 6.07) is -0.802. The van der Waals surface area contributed by atoms with Crippen molar-refractivity contribution in [1.29, 1.82) is 0 Å². The van der Waals surface area contributed by atoms with E-state index >= 15 is 0 Å². The van der Waals surface area contributed by atoms with Gasteiger partial charge in [-0.05, 0) is 12.8 Å². The van der Waals surface area contributed by atoms with Crippen molar-refractivity contribution in [2.24, 2.45) is 0 Å². The van der Waals surface area contributed by atoms with Gasteiger partial charge in [-0.3, -0.25) is 4.79 Å². The SMILES string of the molecule is CCCCCCCCCCCCCCCCCCCCC(=O)NC(CO)C(O)C(O)CCCCCCCCCCCCCCCCCCC. The normalized spacial score (nSPS) is 13.5. The van der Waals surface area contributed by atoms with Gasteiger partial charge in [0, 0.05) is 6.42 Å². The molecule has 0 aliphatic rings. The Kier molecular flexibility index (Phi) is 39.6. The average molecular weight is 696 g/mol. The van der Waals surface area contributed by atoms with Crippen molar-refractivity contribution in [3.05, 3.63) is 0 Å². The zero-order chi connectivity index (χ0) is 35.9. The Labute approximate surface area is 307 Å². The van der Waals surface area contributed by atoms with Gasteiger partial charge in [-0.25, -0.2) is 0 Å². The molecule has 0 aliphatic heterocycles. The van der Waals surface area contributed by atoms with Gasteiger partial charge in [0.1, 0.15) is 6.10 Å². The molecule has 0 aliphatic carbocycles. The fourth-order valence-corrected chi connectivity index (χ4v) is 7.22. The third-order valence-electron chi connectivity index (χ3n) is 10.7. The molecule has 0 radical (unpaired) electrons. The number of hydrogen-bond acceptors (Lipinski definition) is 4. The highest BCUT2D eigenvalue weighted by atomic mass is 16.3. The number of carbonyl (C=O) groups is 1. The van der Waals surface area contributed by atoms with Gasteiger partial charge in [0.15, 0.2) is 0 Å². The van der Waals surface area contributed by atoms with Crippen molar-refractivity contribution in [2.75, 3.05) is 6.61 Å². The largest absolute Gasteiger partial charge is 0.394 e. The summed E-state index contributed by atoms with van der Waals surface area (Å²) in [5.74, 6) is -0.139. The Morgan fingerprint density at radius 3 is 0.980 bits per heavy atom. The van der Waals surface area contributed by atoms with Crippen LogP contribution in [-0.4, -0.2) is 46.1 Å². The summed E-state index contributed by atoms with van der Waals surface area (Å²) < 4.78 is 0. The molecule has 1 amide bonds. The molecule has 3 atom stereocenters. The number of aliphatic hydroxyl groups is 3. The first-order chi connectivity index (χ1) is 24.1. The molecule has 5 heteroatoms. The van der Waals surface area contributed by atoms with Gasteiger partial charge in [-0.1, -0.05) is 232 Å². The Morgan fingerprint density at radius 1 is 0.429 bits per heavy atom. The van der Waals surface area contributed by atoms with Gasteiger partial charge in [-0.2, -0.15) is 0 Å². The molecule has 3 unspecified atom stereocenters. The summed E-state index contributed by atoms with van der Waals surface area (Å²) >= 11 is 0. The molecule has 0 saturated carbocycles. The lowest BCUT2D eigenvalue weighted by Gasteiger charge is -2.26. The minimum Gasteiger partial charge on any atom is -0.394 e. The van der Waals surface area contributed by atoms with E-state index < -0.39 is 18.2 Å². The average Bonchev–Trinajstić information content (AvgIpc) is 3.10. The Balaban J connectivity index is 3.58. The molecule has 0 aromatic carbocycles. The Morgan fingerprint density at radius 2 is 0.694 bits per heavy atom. The third-order valence-corrected chi connectivity index (χ3v) is 10.7. The second-order valence-corrected chi connectivity index (χ2v) is 15.6. The monoisotopic (exact) mass is 696 g/mol. The lowest BCUT2D eigenvalue weighted by atomic mass is 9.99. The van der Waals surface area contributed by atoms with Gasteiger partial charge in [0.25, 0.3) is 0 Å². The Hall–Kier alpha value is -0.650. The van der Waals surface area contributed by atoms with Crippen molar-refractivity contribution in [3.63, 3.8) is 0 Å². The summed E-state index contributed by atoms with van der Waals surface area (Å²) in [7, 11) is 0. The van der Waals surface area contributed by atoms with Crippen LogP contribution in [0.2, 0.25) is 0 Å².